The molecule has 0 bridgehead atoms. The zero-order valence-corrected chi connectivity index (χ0v) is 7.62. The molecule has 0 saturated heterocycles. The van der Waals surface area contributed by atoms with Crippen molar-refractivity contribution in [2.75, 3.05) is 0 Å². The minimum Gasteiger partial charge on any atom is -0.411 e. The first kappa shape index (κ1) is 8.23. The summed E-state index contributed by atoms with van der Waals surface area (Å²) in [5.41, 5.74) is 4.09. The van der Waals surface area contributed by atoms with Crippen molar-refractivity contribution in [3.05, 3.63) is 29.1 Å². The van der Waals surface area contributed by atoms with Crippen molar-refractivity contribution in [3.63, 3.8) is 0 Å². The van der Waals surface area contributed by atoms with Crippen molar-refractivity contribution < 1.29 is 5.21 Å². The molecule has 1 aliphatic rings. The van der Waals surface area contributed by atoms with Crippen molar-refractivity contribution in [2.45, 2.75) is 26.2 Å². The SMILES string of the molecule is Cc1ccnc2c1CCC/C2=N/O. The molecule has 0 fully saturated rings. The summed E-state index contributed by atoms with van der Waals surface area (Å²) < 4.78 is 0. The van der Waals surface area contributed by atoms with E-state index in [2.05, 4.69) is 17.1 Å². The van der Waals surface area contributed by atoms with Crippen LogP contribution in [-0.2, 0) is 6.42 Å². The largest absolute Gasteiger partial charge is 0.411 e. The number of fused-ring (bicyclic) bond motifs is 1. The van der Waals surface area contributed by atoms with Crippen molar-refractivity contribution in [1.82, 2.24) is 4.98 Å². The molecule has 0 spiro atoms. The van der Waals surface area contributed by atoms with Crippen molar-refractivity contribution >= 4 is 5.71 Å². The Morgan fingerprint density at radius 2 is 2.31 bits per heavy atom. The van der Waals surface area contributed by atoms with Gasteiger partial charge in [0.25, 0.3) is 0 Å². The van der Waals surface area contributed by atoms with Crippen LogP contribution in [-0.4, -0.2) is 15.9 Å². The molecule has 3 nitrogen and oxygen atoms in total. The third kappa shape index (κ3) is 1.30. The summed E-state index contributed by atoms with van der Waals surface area (Å²) in [4.78, 5) is 4.24. The van der Waals surface area contributed by atoms with Gasteiger partial charge in [0.2, 0.25) is 0 Å². The first-order valence-electron chi connectivity index (χ1n) is 4.48. The highest BCUT2D eigenvalue weighted by Gasteiger charge is 2.18. The van der Waals surface area contributed by atoms with Crippen LogP contribution in [0.3, 0.4) is 0 Å². The van der Waals surface area contributed by atoms with Crippen LogP contribution in [0.2, 0.25) is 0 Å². The Balaban J connectivity index is 2.58. The van der Waals surface area contributed by atoms with Gasteiger partial charge in [0.05, 0.1) is 5.69 Å². The minimum absolute atomic E-state index is 0.727. The molecule has 1 N–H and O–H groups in total. The van der Waals surface area contributed by atoms with E-state index in [1.807, 2.05) is 6.07 Å². The molecule has 68 valence electrons. The quantitative estimate of drug-likeness (QED) is 0.484. The van der Waals surface area contributed by atoms with Crippen LogP contribution >= 0.6 is 0 Å². The average molecular weight is 176 g/mol. The maximum Gasteiger partial charge on any atom is 0.105 e. The number of aryl methyl sites for hydroxylation is 1. The summed E-state index contributed by atoms with van der Waals surface area (Å²) in [7, 11) is 0. The minimum atomic E-state index is 0.727. The second-order valence-corrected chi connectivity index (χ2v) is 3.36. The Morgan fingerprint density at radius 1 is 1.46 bits per heavy atom. The molecule has 2 rings (SSSR count). The molecule has 1 aliphatic carbocycles. The third-order valence-electron chi connectivity index (χ3n) is 2.52. The van der Waals surface area contributed by atoms with E-state index in [4.69, 9.17) is 5.21 Å². The van der Waals surface area contributed by atoms with Gasteiger partial charge in [-0.05, 0) is 43.4 Å². The lowest BCUT2D eigenvalue weighted by molar-refractivity contribution is 0.317. The lowest BCUT2D eigenvalue weighted by atomic mass is 9.91. The van der Waals surface area contributed by atoms with E-state index in [0.717, 1.165) is 30.7 Å². The number of hydrogen-bond acceptors (Lipinski definition) is 3. The first-order chi connectivity index (χ1) is 6.33. The average Bonchev–Trinajstić information content (AvgIpc) is 2.18. The molecule has 1 heterocycles. The predicted molar refractivity (Wildman–Crippen MR) is 50.2 cm³/mol. The van der Waals surface area contributed by atoms with Crippen LogP contribution in [0.4, 0.5) is 0 Å². The molecule has 13 heavy (non-hydrogen) atoms. The fourth-order valence-electron chi connectivity index (χ4n) is 1.80. The van der Waals surface area contributed by atoms with Gasteiger partial charge < -0.3 is 5.21 Å². The highest BCUT2D eigenvalue weighted by molar-refractivity contribution is 6.00. The molecule has 0 atom stereocenters. The van der Waals surface area contributed by atoms with Gasteiger partial charge >= 0.3 is 0 Å². The van der Waals surface area contributed by atoms with Crippen LogP contribution in [0.5, 0.6) is 0 Å². The Bertz CT molecular complexity index is 358. The molecule has 0 unspecified atom stereocenters. The van der Waals surface area contributed by atoms with Gasteiger partial charge in [-0.15, -0.1) is 0 Å². The number of hydrogen-bond donors (Lipinski definition) is 1. The Morgan fingerprint density at radius 3 is 3.08 bits per heavy atom. The summed E-state index contributed by atoms with van der Waals surface area (Å²) in [6.07, 6.45) is 4.71. The van der Waals surface area contributed by atoms with E-state index >= 15 is 0 Å². The second kappa shape index (κ2) is 3.17. The number of pyridine rings is 1. The standard InChI is InChI=1S/C10H12N2O/c1-7-5-6-11-10-8(7)3-2-4-9(10)12-13/h5-6,13H,2-4H2,1H3/b12-9-. The molecule has 0 radical (unpaired) electrons. The van der Waals surface area contributed by atoms with E-state index < -0.39 is 0 Å². The van der Waals surface area contributed by atoms with Crippen LogP contribution in [0.15, 0.2) is 17.4 Å². The lowest BCUT2D eigenvalue weighted by Crippen LogP contribution is -2.15. The lowest BCUT2D eigenvalue weighted by Gasteiger charge is -2.17. The van der Waals surface area contributed by atoms with E-state index in [1.165, 1.54) is 11.1 Å². The molecule has 3 heteroatoms. The van der Waals surface area contributed by atoms with Crippen LogP contribution in [0.1, 0.15) is 29.7 Å². The number of oxime groups is 1. The van der Waals surface area contributed by atoms with Crippen LogP contribution in [0, 0.1) is 6.92 Å². The monoisotopic (exact) mass is 176 g/mol. The maximum absolute atomic E-state index is 8.78. The molecule has 0 aromatic carbocycles. The van der Waals surface area contributed by atoms with Gasteiger partial charge in [-0.3, -0.25) is 4.98 Å². The second-order valence-electron chi connectivity index (χ2n) is 3.36. The van der Waals surface area contributed by atoms with Crippen LogP contribution < -0.4 is 0 Å². The van der Waals surface area contributed by atoms with Gasteiger partial charge in [0.1, 0.15) is 5.71 Å². The zero-order valence-electron chi connectivity index (χ0n) is 7.62. The first-order valence-corrected chi connectivity index (χ1v) is 4.48. The topological polar surface area (TPSA) is 45.5 Å². The highest BCUT2D eigenvalue weighted by atomic mass is 16.4. The van der Waals surface area contributed by atoms with Crippen molar-refractivity contribution in [2.24, 2.45) is 5.16 Å². The van der Waals surface area contributed by atoms with Gasteiger partial charge in [-0.25, -0.2) is 0 Å². The summed E-state index contributed by atoms with van der Waals surface area (Å²) in [6, 6.07) is 2.00. The predicted octanol–water partition coefficient (Wildman–Crippen LogP) is 1.90. The van der Waals surface area contributed by atoms with E-state index in [1.54, 1.807) is 6.20 Å². The Labute approximate surface area is 77.1 Å². The van der Waals surface area contributed by atoms with E-state index in [9.17, 15) is 0 Å². The molecular formula is C10H12N2O. The van der Waals surface area contributed by atoms with Crippen molar-refractivity contribution in [1.29, 1.82) is 0 Å². The number of aromatic nitrogens is 1. The van der Waals surface area contributed by atoms with Gasteiger partial charge in [0.15, 0.2) is 0 Å². The van der Waals surface area contributed by atoms with E-state index in [-0.39, 0.29) is 0 Å². The molecular weight excluding hydrogens is 164 g/mol. The zero-order chi connectivity index (χ0) is 9.26. The van der Waals surface area contributed by atoms with Crippen molar-refractivity contribution in [3.8, 4) is 0 Å². The molecule has 0 aliphatic heterocycles. The van der Waals surface area contributed by atoms with Gasteiger partial charge in [-0.2, -0.15) is 0 Å². The maximum atomic E-state index is 8.78. The molecule has 0 amide bonds. The normalized spacial score (nSPS) is 18.7. The molecule has 0 saturated carbocycles. The fraction of sp³-hybridized carbons (Fsp3) is 0.400. The Hall–Kier alpha value is -1.38. The van der Waals surface area contributed by atoms with Gasteiger partial charge in [0, 0.05) is 6.20 Å². The summed E-state index contributed by atoms with van der Waals surface area (Å²) in [5, 5.41) is 12.1. The molecule has 1 aromatic heterocycles. The summed E-state index contributed by atoms with van der Waals surface area (Å²) in [5.74, 6) is 0. The van der Waals surface area contributed by atoms with E-state index in [0.29, 0.717) is 0 Å². The number of rotatable bonds is 0. The fourth-order valence-corrected chi connectivity index (χ4v) is 1.80. The van der Waals surface area contributed by atoms with Crippen LogP contribution in [0.25, 0.3) is 0 Å². The van der Waals surface area contributed by atoms with Gasteiger partial charge in [-0.1, -0.05) is 5.16 Å². The third-order valence-corrected chi connectivity index (χ3v) is 2.52. The summed E-state index contributed by atoms with van der Waals surface area (Å²) >= 11 is 0. The summed E-state index contributed by atoms with van der Waals surface area (Å²) in [6.45, 7) is 2.07. The molecule has 1 aromatic rings. The smallest absolute Gasteiger partial charge is 0.105 e. The number of nitrogens with zero attached hydrogens (tertiary/aromatic N) is 2. The highest BCUT2D eigenvalue weighted by Crippen LogP contribution is 2.22. The Kier molecular flexibility index (Phi) is 2.00.